The monoisotopic (exact) mass is 381 g/mol. The molecule has 5 nitrogen and oxygen atoms in total. The van der Waals surface area contributed by atoms with Crippen LogP contribution in [0.15, 0.2) is 54.6 Å². The van der Waals surface area contributed by atoms with E-state index in [2.05, 4.69) is 0 Å². The second kappa shape index (κ2) is 7.94. The largest absolute Gasteiger partial charge is 0.445 e. The van der Waals surface area contributed by atoms with Crippen molar-refractivity contribution >= 4 is 6.09 Å². The Bertz CT molecular complexity index is 791. The van der Waals surface area contributed by atoms with Crippen molar-refractivity contribution in [3.8, 4) is 0 Å². The van der Waals surface area contributed by atoms with E-state index in [1.165, 1.54) is 0 Å². The third kappa shape index (κ3) is 3.77. The Morgan fingerprint density at radius 3 is 2.21 bits per heavy atom. The van der Waals surface area contributed by atoms with Crippen molar-refractivity contribution in [2.24, 2.45) is 0 Å². The summed E-state index contributed by atoms with van der Waals surface area (Å²) in [5, 5.41) is 11.3. The summed E-state index contributed by atoms with van der Waals surface area (Å²) in [6, 6.07) is 17.7. The van der Waals surface area contributed by atoms with Gasteiger partial charge in [0.25, 0.3) is 0 Å². The molecule has 0 aromatic heterocycles. The van der Waals surface area contributed by atoms with E-state index in [0.717, 1.165) is 29.5 Å². The molecule has 0 saturated carbocycles. The van der Waals surface area contributed by atoms with Gasteiger partial charge in [0.15, 0.2) is 0 Å². The van der Waals surface area contributed by atoms with Crippen molar-refractivity contribution in [3.63, 3.8) is 0 Å². The van der Waals surface area contributed by atoms with Crippen LogP contribution in [0.2, 0.25) is 0 Å². The van der Waals surface area contributed by atoms with Gasteiger partial charge >= 0.3 is 6.09 Å². The number of nitrogens with zero attached hydrogens (tertiary/aromatic N) is 1. The van der Waals surface area contributed by atoms with E-state index in [0.29, 0.717) is 19.4 Å². The number of benzene rings is 2. The molecule has 2 unspecified atom stereocenters. The zero-order valence-electron chi connectivity index (χ0n) is 16.2. The Kier molecular flexibility index (Phi) is 5.38. The molecule has 1 amide bonds. The van der Waals surface area contributed by atoms with Crippen molar-refractivity contribution in [3.05, 3.63) is 71.3 Å². The Balaban J connectivity index is 1.42. The highest BCUT2D eigenvalue weighted by atomic mass is 16.6. The van der Waals surface area contributed by atoms with Crippen LogP contribution in [0.5, 0.6) is 0 Å². The first-order chi connectivity index (χ1) is 13.6. The molecule has 5 heteroatoms. The van der Waals surface area contributed by atoms with Crippen LogP contribution < -0.4 is 0 Å². The van der Waals surface area contributed by atoms with Gasteiger partial charge in [0, 0.05) is 32.0 Å². The zero-order chi connectivity index (χ0) is 19.6. The second-order valence-electron chi connectivity index (χ2n) is 7.90. The molecule has 2 heterocycles. The number of hydrogen-bond donors (Lipinski definition) is 1. The normalized spacial score (nSPS) is 26.3. The molecule has 2 atom stereocenters. The first-order valence-electron chi connectivity index (χ1n) is 9.89. The number of methoxy groups -OCH3 is 1. The van der Waals surface area contributed by atoms with Crippen LogP contribution in [0, 0.1) is 0 Å². The quantitative estimate of drug-likeness (QED) is 0.851. The van der Waals surface area contributed by atoms with Gasteiger partial charge in [-0.15, -0.1) is 0 Å². The molecule has 2 bridgehead atoms. The molecule has 0 radical (unpaired) electrons. The van der Waals surface area contributed by atoms with Gasteiger partial charge in [-0.3, -0.25) is 0 Å². The zero-order valence-corrected chi connectivity index (χ0v) is 16.2. The molecule has 28 heavy (non-hydrogen) atoms. The van der Waals surface area contributed by atoms with Crippen LogP contribution in [0.3, 0.4) is 0 Å². The highest BCUT2D eigenvalue weighted by Gasteiger charge is 2.50. The fourth-order valence-corrected chi connectivity index (χ4v) is 4.63. The molecule has 2 aromatic carbocycles. The molecule has 2 aromatic rings. The highest BCUT2D eigenvalue weighted by Crippen LogP contribution is 2.46. The number of carbonyl (C=O) groups excluding carboxylic acids is 1. The van der Waals surface area contributed by atoms with Crippen molar-refractivity contribution in [1.29, 1.82) is 0 Å². The minimum Gasteiger partial charge on any atom is -0.445 e. The second-order valence-corrected chi connectivity index (χ2v) is 7.90. The molecule has 2 saturated heterocycles. The predicted octanol–water partition coefficient (Wildman–Crippen LogP) is 3.98. The number of ether oxygens (including phenoxy) is 2. The summed E-state index contributed by atoms with van der Waals surface area (Å²) in [7, 11) is 1.67. The van der Waals surface area contributed by atoms with E-state index in [-0.39, 0.29) is 24.8 Å². The maximum absolute atomic E-state index is 12.7. The SMILES string of the molecule is COCc1ccc(C2(O)CC3CCC(C2)N3C(=O)OCc2ccccc2)cc1. The van der Waals surface area contributed by atoms with Gasteiger partial charge in [0.1, 0.15) is 6.61 Å². The Hall–Kier alpha value is -2.37. The lowest BCUT2D eigenvalue weighted by atomic mass is 9.80. The lowest BCUT2D eigenvalue weighted by Gasteiger charge is -2.43. The molecule has 148 valence electrons. The summed E-state index contributed by atoms with van der Waals surface area (Å²) < 4.78 is 10.7. The van der Waals surface area contributed by atoms with Crippen LogP contribution in [0.25, 0.3) is 0 Å². The lowest BCUT2D eigenvalue weighted by Crippen LogP contribution is -2.52. The summed E-state index contributed by atoms with van der Waals surface area (Å²) in [6.07, 6.45) is 2.65. The smallest absolute Gasteiger partial charge is 0.410 e. The highest BCUT2D eigenvalue weighted by molar-refractivity contribution is 5.69. The topological polar surface area (TPSA) is 59.0 Å². The molecule has 0 aliphatic carbocycles. The number of fused-ring (bicyclic) bond motifs is 2. The molecule has 2 aliphatic rings. The number of piperidine rings is 1. The summed E-state index contributed by atoms with van der Waals surface area (Å²) in [4.78, 5) is 14.6. The Morgan fingerprint density at radius 1 is 1.00 bits per heavy atom. The van der Waals surface area contributed by atoms with E-state index >= 15 is 0 Å². The van der Waals surface area contributed by atoms with Crippen molar-refractivity contribution < 1.29 is 19.4 Å². The van der Waals surface area contributed by atoms with Crippen molar-refractivity contribution in [2.75, 3.05) is 7.11 Å². The molecule has 0 spiro atoms. The molecule has 2 fully saturated rings. The first-order valence-corrected chi connectivity index (χ1v) is 9.89. The lowest BCUT2D eigenvalue weighted by molar-refractivity contribution is -0.0537. The number of amides is 1. The standard InChI is InChI=1S/C23H27NO4/c1-27-15-18-7-9-19(10-8-18)23(26)13-20-11-12-21(14-23)24(20)22(25)28-16-17-5-3-2-4-6-17/h2-10,20-21,26H,11-16H2,1H3. The number of carbonyl (C=O) groups is 1. The fourth-order valence-electron chi connectivity index (χ4n) is 4.63. The van der Waals surface area contributed by atoms with E-state index < -0.39 is 5.60 Å². The molecular formula is C23H27NO4. The van der Waals surface area contributed by atoms with E-state index in [1.54, 1.807) is 7.11 Å². The minimum atomic E-state index is -0.895. The first kappa shape index (κ1) is 19.0. The number of rotatable bonds is 5. The van der Waals surface area contributed by atoms with Crippen LogP contribution in [0.4, 0.5) is 4.79 Å². The van der Waals surface area contributed by atoms with E-state index in [1.807, 2.05) is 59.5 Å². The summed E-state index contributed by atoms with van der Waals surface area (Å²) in [6.45, 7) is 0.839. The molecule has 2 aliphatic heterocycles. The van der Waals surface area contributed by atoms with E-state index in [9.17, 15) is 9.90 Å². The van der Waals surface area contributed by atoms with Gasteiger partial charge in [-0.25, -0.2) is 4.79 Å². The van der Waals surface area contributed by atoms with Crippen LogP contribution in [-0.4, -0.2) is 35.3 Å². The maximum Gasteiger partial charge on any atom is 0.410 e. The van der Waals surface area contributed by atoms with Gasteiger partial charge in [-0.2, -0.15) is 0 Å². The van der Waals surface area contributed by atoms with E-state index in [4.69, 9.17) is 9.47 Å². The van der Waals surface area contributed by atoms with Gasteiger partial charge in [0.05, 0.1) is 12.2 Å². The Morgan fingerprint density at radius 2 is 1.61 bits per heavy atom. The molecule has 4 rings (SSSR count). The summed E-state index contributed by atoms with van der Waals surface area (Å²) in [5.74, 6) is 0. The van der Waals surface area contributed by atoms with Gasteiger partial charge < -0.3 is 19.5 Å². The predicted molar refractivity (Wildman–Crippen MR) is 106 cm³/mol. The minimum absolute atomic E-state index is 0.0191. The van der Waals surface area contributed by atoms with Crippen molar-refractivity contribution in [2.45, 2.75) is 56.6 Å². The Labute approximate surface area is 165 Å². The van der Waals surface area contributed by atoms with Crippen LogP contribution in [0.1, 0.15) is 42.4 Å². The van der Waals surface area contributed by atoms with Gasteiger partial charge in [-0.1, -0.05) is 54.6 Å². The number of aliphatic hydroxyl groups is 1. The van der Waals surface area contributed by atoms with Crippen molar-refractivity contribution in [1.82, 2.24) is 4.90 Å². The average molecular weight is 381 g/mol. The van der Waals surface area contributed by atoms with Crippen LogP contribution >= 0.6 is 0 Å². The summed E-state index contributed by atoms with van der Waals surface area (Å²) in [5.41, 5.74) is 2.09. The molecular weight excluding hydrogens is 354 g/mol. The van der Waals surface area contributed by atoms with Gasteiger partial charge in [0.2, 0.25) is 0 Å². The maximum atomic E-state index is 12.7. The molecule has 1 N–H and O–H groups in total. The third-order valence-electron chi connectivity index (χ3n) is 5.98. The third-order valence-corrected chi connectivity index (χ3v) is 5.98. The average Bonchev–Trinajstić information content (AvgIpc) is 3.00. The number of hydrogen-bond acceptors (Lipinski definition) is 4. The summed E-state index contributed by atoms with van der Waals surface area (Å²) >= 11 is 0. The van der Waals surface area contributed by atoms with Gasteiger partial charge in [-0.05, 0) is 29.5 Å². The fraction of sp³-hybridized carbons (Fsp3) is 0.435. The van der Waals surface area contributed by atoms with Crippen LogP contribution in [-0.2, 0) is 28.3 Å².